The number of anilines is 1. The monoisotopic (exact) mass is 492 g/mol. The summed E-state index contributed by atoms with van der Waals surface area (Å²) in [6, 6.07) is 30.6. The van der Waals surface area contributed by atoms with Gasteiger partial charge in [-0.15, -0.1) is 5.06 Å². The van der Waals surface area contributed by atoms with E-state index in [4.69, 9.17) is 9.57 Å². The number of nitrogens with zero attached hydrogens (tertiary/aromatic N) is 2. The number of ether oxygens (including phenoxy) is 1. The summed E-state index contributed by atoms with van der Waals surface area (Å²) >= 11 is 0. The number of rotatable bonds is 4. The molecule has 5 fully saturated rings. The first kappa shape index (κ1) is 22.2. The third kappa shape index (κ3) is 2.71. The predicted octanol–water partition coefficient (Wildman–Crippen LogP) is 6.94. The van der Waals surface area contributed by atoms with Gasteiger partial charge in [-0.05, 0) is 77.3 Å². The minimum atomic E-state index is -0.197. The lowest BCUT2D eigenvalue weighted by Gasteiger charge is -2.37. The van der Waals surface area contributed by atoms with Gasteiger partial charge in [-0.3, -0.25) is 4.84 Å². The van der Waals surface area contributed by atoms with Crippen molar-refractivity contribution in [1.82, 2.24) is 5.06 Å². The second-order valence-corrected chi connectivity index (χ2v) is 12.8. The highest BCUT2D eigenvalue weighted by Gasteiger charge is 2.89. The lowest BCUT2D eigenvalue weighted by molar-refractivity contribution is -0.244. The van der Waals surface area contributed by atoms with Gasteiger partial charge in [0, 0.05) is 18.7 Å². The molecular formula is C33H36N2O2. The van der Waals surface area contributed by atoms with E-state index in [0.717, 1.165) is 24.6 Å². The van der Waals surface area contributed by atoms with Crippen molar-refractivity contribution in [3.05, 3.63) is 96.1 Å². The first-order valence-corrected chi connectivity index (χ1v) is 13.9. The molecule has 5 aliphatic rings. The molecule has 2 saturated heterocycles. The number of fused-ring (bicyclic) bond motifs is 2. The zero-order valence-electron chi connectivity index (χ0n) is 22.1. The molecule has 0 radical (unpaired) electrons. The third-order valence-electron chi connectivity index (χ3n) is 11.2. The molecule has 8 rings (SSSR count). The van der Waals surface area contributed by atoms with Gasteiger partial charge in [0.2, 0.25) is 0 Å². The number of hydrogen-bond acceptors (Lipinski definition) is 4. The highest BCUT2D eigenvalue weighted by atomic mass is 16.7. The van der Waals surface area contributed by atoms with E-state index < -0.39 is 0 Å². The fourth-order valence-corrected chi connectivity index (χ4v) is 9.34. The van der Waals surface area contributed by atoms with Crippen molar-refractivity contribution in [3.8, 4) is 5.75 Å². The van der Waals surface area contributed by atoms with Crippen molar-refractivity contribution < 1.29 is 9.57 Å². The third-order valence-corrected chi connectivity index (χ3v) is 11.2. The van der Waals surface area contributed by atoms with Crippen LogP contribution >= 0.6 is 0 Å². The van der Waals surface area contributed by atoms with Gasteiger partial charge in [0.25, 0.3) is 0 Å². The molecule has 2 spiro atoms. The lowest BCUT2D eigenvalue weighted by Crippen LogP contribution is -2.40. The number of benzene rings is 3. The lowest BCUT2D eigenvalue weighted by atomic mass is 9.74. The molecule has 3 aromatic rings. The second kappa shape index (κ2) is 7.18. The summed E-state index contributed by atoms with van der Waals surface area (Å²) in [6.07, 6.45) is 4.91. The quantitative estimate of drug-likeness (QED) is 0.394. The molecule has 0 unspecified atom stereocenters. The van der Waals surface area contributed by atoms with E-state index in [9.17, 15) is 0 Å². The van der Waals surface area contributed by atoms with Gasteiger partial charge in [-0.1, -0.05) is 74.5 Å². The van der Waals surface area contributed by atoms with Crippen LogP contribution in [0.15, 0.2) is 84.9 Å². The minimum Gasteiger partial charge on any atom is -0.497 e. The van der Waals surface area contributed by atoms with Crippen molar-refractivity contribution in [2.45, 2.75) is 56.8 Å². The fourth-order valence-electron chi connectivity index (χ4n) is 9.34. The molecule has 0 aromatic heterocycles. The summed E-state index contributed by atoms with van der Waals surface area (Å²) < 4.78 is 5.48. The van der Waals surface area contributed by atoms with E-state index in [-0.39, 0.29) is 17.3 Å². The molecule has 3 aromatic carbocycles. The van der Waals surface area contributed by atoms with Crippen LogP contribution in [0, 0.1) is 22.7 Å². The van der Waals surface area contributed by atoms with Crippen LogP contribution in [0.25, 0.3) is 0 Å². The van der Waals surface area contributed by atoms with E-state index in [0.29, 0.717) is 16.7 Å². The first-order chi connectivity index (χ1) is 18.0. The fraction of sp³-hybridized carbons (Fsp3) is 0.455. The Morgan fingerprint density at radius 1 is 0.865 bits per heavy atom. The van der Waals surface area contributed by atoms with Gasteiger partial charge in [0.1, 0.15) is 11.9 Å². The molecule has 6 atom stereocenters. The number of hydroxylamine groups is 2. The SMILES string of the molecule is COc1ccc(N2C[C@]3(c4ccccc4)C[C@@]4(CC[C@H]5C(C)(C)[C@@]56C[C@@H]46)ON3[C@H]2c2ccccc2)cc1. The van der Waals surface area contributed by atoms with Crippen molar-refractivity contribution >= 4 is 5.69 Å². The largest absolute Gasteiger partial charge is 0.497 e. The number of hydrogen-bond donors (Lipinski definition) is 0. The summed E-state index contributed by atoms with van der Waals surface area (Å²) in [6.45, 7) is 5.92. The van der Waals surface area contributed by atoms with Crippen molar-refractivity contribution in [2.75, 3.05) is 18.6 Å². The Bertz CT molecular complexity index is 1340. The average molecular weight is 493 g/mol. The molecule has 4 nitrogen and oxygen atoms in total. The van der Waals surface area contributed by atoms with Gasteiger partial charge < -0.3 is 9.64 Å². The van der Waals surface area contributed by atoms with Crippen LogP contribution in [-0.4, -0.2) is 24.3 Å². The molecule has 190 valence electrons. The maximum absolute atomic E-state index is 7.44. The van der Waals surface area contributed by atoms with Crippen LogP contribution in [0.3, 0.4) is 0 Å². The highest BCUT2D eigenvalue weighted by Crippen LogP contribution is 2.91. The molecule has 3 saturated carbocycles. The van der Waals surface area contributed by atoms with Gasteiger partial charge in [0.05, 0.1) is 18.2 Å². The van der Waals surface area contributed by atoms with Crippen molar-refractivity contribution in [3.63, 3.8) is 0 Å². The van der Waals surface area contributed by atoms with Crippen LogP contribution < -0.4 is 9.64 Å². The Morgan fingerprint density at radius 2 is 1.57 bits per heavy atom. The van der Waals surface area contributed by atoms with E-state index >= 15 is 0 Å². The van der Waals surface area contributed by atoms with Crippen LogP contribution in [0.5, 0.6) is 5.75 Å². The predicted molar refractivity (Wildman–Crippen MR) is 145 cm³/mol. The summed E-state index contributed by atoms with van der Waals surface area (Å²) in [4.78, 5) is 9.99. The molecule has 2 heterocycles. The minimum absolute atomic E-state index is 0.00816. The van der Waals surface area contributed by atoms with Crippen LogP contribution in [0.1, 0.15) is 56.8 Å². The topological polar surface area (TPSA) is 24.9 Å². The maximum atomic E-state index is 7.44. The van der Waals surface area contributed by atoms with Gasteiger partial charge >= 0.3 is 0 Å². The standard InChI is InChI=1S/C33H36N2O2/c1-30(2)27-18-19-32(28-20-33(27,28)30)21-31(24-12-8-5-9-13-24)22-34(25-14-16-26(36-3)17-15-25)29(35(31)37-32)23-10-6-4-7-11-23/h4-17,27-29H,18-22H2,1-3H3/t27-,28-,29-,31-,32+,33-/m0/s1. The van der Waals surface area contributed by atoms with Crippen LogP contribution in [-0.2, 0) is 10.4 Å². The normalized spacial score (nSPS) is 38.7. The van der Waals surface area contributed by atoms with Crippen molar-refractivity contribution in [1.29, 1.82) is 0 Å². The van der Waals surface area contributed by atoms with E-state index in [1.165, 1.54) is 36.1 Å². The van der Waals surface area contributed by atoms with Gasteiger partial charge in [0.15, 0.2) is 0 Å². The smallest absolute Gasteiger partial charge is 0.132 e. The molecule has 4 heteroatoms. The molecule has 3 aliphatic carbocycles. The van der Waals surface area contributed by atoms with E-state index in [2.05, 4.69) is 109 Å². The average Bonchev–Trinajstić information content (AvgIpc) is 3.70. The Hall–Kier alpha value is -2.82. The van der Waals surface area contributed by atoms with Gasteiger partial charge in [-0.2, -0.15) is 0 Å². The molecule has 0 bridgehead atoms. The highest BCUT2D eigenvalue weighted by molar-refractivity contribution is 5.55. The maximum Gasteiger partial charge on any atom is 0.132 e. The Labute approximate surface area is 220 Å². The van der Waals surface area contributed by atoms with E-state index in [1.807, 2.05) is 0 Å². The molecular weight excluding hydrogens is 456 g/mol. The molecule has 0 N–H and O–H groups in total. The molecule has 2 aliphatic heterocycles. The summed E-state index contributed by atoms with van der Waals surface area (Å²) in [5, 5.41) is 2.43. The second-order valence-electron chi connectivity index (χ2n) is 12.8. The van der Waals surface area contributed by atoms with Crippen molar-refractivity contribution in [2.24, 2.45) is 22.7 Å². The Balaban J connectivity index is 1.27. The van der Waals surface area contributed by atoms with Crippen LogP contribution in [0.4, 0.5) is 5.69 Å². The summed E-state index contributed by atoms with van der Waals surface area (Å²) in [5.41, 5.74) is 4.60. The molecule has 0 amide bonds. The van der Waals surface area contributed by atoms with Gasteiger partial charge in [-0.25, -0.2) is 0 Å². The summed E-state index contributed by atoms with van der Waals surface area (Å²) in [5.74, 6) is 2.46. The molecule has 37 heavy (non-hydrogen) atoms. The zero-order chi connectivity index (χ0) is 25.0. The van der Waals surface area contributed by atoms with Crippen LogP contribution in [0.2, 0.25) is 0 Å². The Kier molecular flexibility index (Phi) is 4.31. The Morgan fingerprint density at radius 3 is 2.27 bits per heavy atom. The zero-order valence-corrected chi connectivity index (χ0v) is 22.1. The summed E-state index contributed by atoms with van der Waals surface area (Å²) in [7, 11) is 1.73. The number of methoxy groups -OCH3 is 1. The first-order valence-electron chi connectivity index (χ1n) is 13.9. The van der Waals surface area contributed by atoms with E-state index in [1.54, 1.807) is 7.11 Å².